The Labute approximate surface area is 180 Å². The van der Waals surface area contributed by atoms with Crippen LogP contribution in [0.15, 0.2) is 58.1 Å². The van der Waals surface area contributed by atoms with Gasteiger partial charge in [0.05, 0.1) is 10.8 Å². The molecular weight excluding hydrogens is 418 g/mol. The number of amides is 1. The summed E-state index contributed by atoms with van der Waals surface area (Å²) >= 11 is 0. The van der Waals surface area contributed by atoms with Crippen LogP contribution in [0.3, 0.4) is 0 Å². The number of rotatable bonds is 6. The minimum Gasteiger partial charge on any atom is -0.381 e. The van der Waals surface area contributed by atoms with Gasteiger partial charge >= 0.3 is 0 Å². The molecule has 31 heavy (non-hydrogen) atoms. The molecule has 0 saturated carbocycles. The number of H-pyrrole nitrogens is 1. The van der Waals surface area contributed by atoms with Crippen LogP contribution >= 0.6 is 0 Å². The van der Waals surface area contributed by atoms with Gasteiger partial charge in [-0.1, -0.05) is 24.3 Å². The van der Waals surface area contributed by atoms with Gasteiger partial charge in [-0.25, -0.2) is 4.68 Å². The summed E-state index contributed by atoms with van der Waals surface area (Å²) in [6.45, 7) is 0.961. The molecule has 1 unspecified atom stereocenters. The van der Waals surface area contributed by atoms with Gasteiger partial charge in [-0.05, 0) is 42.7 Å². The third-order valence-corrected chi connectivity index (χ3v) is 7.08. The lowest BCUT2D eigenvalue weighted by Crippen LogP contribution is -2.34. The van der Waals surface area contributed by atoms with Crippen molar-refractivity contribution >= 4 is 33.2 Å². The van der Waals surface area contributed by atoms with Crippen LogP contribution in [0, 0.1) is 0 Å². The van der Waals surface area contributed by atoms with Crippen LogP contribution in [0.4, 0.5) is 5.69 Å². The number of anilines is 1. The van der Waals surface area contributed by atoms with E-state index in [2.05, 4.69) is 10.4 Å². The molecule has 1 amide bonds. The molecule has 1 fully saturated rings. The van der Waals surface area contributed by atoms with E-state index in [1.165, 1.54) is 0 Å². The van der Waals surface area contributed by atoms with Gasteiger partial charge in [-0.15, -0.1) is 0 Å². The molecule has 0 spiro atoms. The summed E-state index contributed by atoms with van der Waals surface area (Å²) < 4.78 is 18.9. The van der Waals surface area contributed by atoms with Crippen molar-refractivity contribution in [2.24, 2.45) is 0 Å². The molecule has 8 nitrogen and oxygen atoms in total. The highest BCUT2D eigenvalue weighted by Crippen LogP contribution is 2.19. The maximum Gasteiger partial charge on any atom is 0.273 e. The maximum absolute atomic E-state index is 12.6. The van der Waals surface area contributed by atoms with Gasteiger partial charge in [-0.3, -0.25) is 23.7 Å². The summed E-state index contributed by atoms with van der Waals surface area (Å²) in [6.07, 6.45) is 1.59. The average Bonchev–Trinajstić information content (AvgIpc) is 2.78. The number of ether oxygens (including phenoxy) is 1. The summed E-state index contributed by atoms with van der Waals surface area (Å²) in [7, 11) is -1.01. The fraction of sp³-hybridized carbons (Fsp3) is 0.318. The second-order valence-corrected chi connectivity index (χ2v) is 9.18. The normalized spacial score (nSPS) is 15.6. The minimum absolute atomic E-state index is 0.128. The lowest BCUT2D eigenvalue weighted by molar-refractivity contribution is -0.117. The van der Waals surface area contributed by atoms with Gasteiger partial charge in [0.25, 0.3) is 11.1 Å². The largest absolute Gasteiger partial charge is 0.381 e. The lowest BCUT2D eigenvalue weighted by Gasteiger charge is -2.21. The number of carbonyl (C=O) groups is 1. The summed E-state index contributed by atoms with van der Waals surface area (Å²) in [6, 6.07) is 13.6. The Kier molecular flexibility index (Phi) is 6.43. The third-order valence-electron chi connectivity index (χ3n) is 5.25. The van der Waals surface area contributed by atoms with E-state index in [0.717, 1.165) is 23.1 Å². The first-order valence-corrected chi connectivity index (χ1v) is 11.4. The highest BCUT2D eigenvalue weighted by molar-refractivity contribution is 7.84. The molecule has 1 atom stereocenters. The van der Waals surface area contributed by atoms with Crippen LogP contribution in [-0.2, 0) is 32.6 Å². The van der Waals surface area contributed by atoms with Crippen molar-refractivity contribution in [1.29, 1.82) is 0 Å². The number of benzene rings is 2. The zero-order chi connectivity index (χ0) is 21.8. The molecule has 162 valence electrons. The smallest absolute Gasteiger partial charge is 0.273 e. The van der Waals surface area contributed by atoms with E-state index in [9.17, 15) is 18.6 Å². The van der Waals surface area contributed by atoms with Crippen molar-refractivity contribution in [3.63, 3.8) is 0 Å². The molecule has 2 aromatic carbocycles. The number of hydrogen-bond acceptors (Lipinski definition) is 5. The van der Waals surface area contributed by atoms with Crippen LogP contribution in [0.25, 0.3) is 10.8 Å². The molecule has 1 aromatic heterocycles. The van der Waals surface area contributed by atoms with E-state index >= 15 is 0 Å². The number of nitrogens with zero attached hydrogens (tertiary/aromatic N) is 1. The molecule has 0 radical (unpaired) electrons. The molecule has 2 heterocycles. The van der Waals surface area contributed by atoms with Crippen molar-refractivity contribution in [3.05, 3.63) is 74.8 Å². The highest BCUT2D eigenvalue weighted by Gasteiger charge is 2.20. The van der Waals surface area contributed by atoms with Gasteiger partial charge in [0.2, 0.25) is 5.91 Å². The first-order chi connectivity index (χ1) is 15.0. The Hall–Kier alpha value is -3.04. The Balaban J connectivity index is 1.44. The van der Waals surface area contributed by atoms with Gasteiger partial charge in [-0.2, -0.15) is 0 Å². The van der Waals surface area contributed by atoms with Crippen LogP contribution < -0.4 is 16.4 Å². The van der Waals surface area contributed by atoms with E-state index in [-0.39, 0.29) is 22.6 Å². The van der Waals surface area contributed by atoms with Crippen LogP contribution in [0.5, 0.6) is 0 Å². The topological polar surface area (TPSA) is 110 Å². The van der Waals surface area contributed by atoms with Crippen LogP contribution in [-0.4, -0.2) is 38.4 Å². The first-order valence-electron chi connectivity index (χ1n) is 10.1. The number of nitrogens with one attached hydrogen (secondary N) is 2. The summed E-state index contributed by atoms with van der Waals surface area (Å²) in [4.78, 5) is 37.2. The van der Waals surface area contributed by atoms with E-state index in [1.807, 2.05) is 6.07 Å². The third kappa shape index (κ3) is 5.00. The van der Waals surface area contributed by atoms with E-state index in [4.69, 9.17) is 4.74 Å². The Morgan fingerprint density at radius 2 is 1.84 bits per heavy atom. The second-order valence-electron chi connectivity index (χ2n) is 7.46. The number of aromatic amines is 1. The second kappa shape index (κ2) is 9.40. The van der Waals surface area contributed by atoms with Crippen LogP contribution in [0.1, 0.15) is 18.4 Å². The summed E-state index contributed by atoms with van der Waals surface area (Å²) in [5.74, 6) is -0.0398. The molecule has 0 bridgehead atoms. The first kappa shape index (κ1) is 21.2. The monoisotopic (exact) mass is 441 g/mol. The Morgan fingerprint density at radius 3 is 2.61 bits per heavy atom. The quantitative estimate of drug-likeness (QED) is 0.606. The van der Waals surface area contributed by atoms with Gasteiger partial charge < -0.3 is 10.1 Å². The predicted octanol–water partition coefficient (Wildman–Crippen LogP) is 1.76. The van der Waals surface area contributed by atoms with Gasteiger partial charge in [0, 0.05) is 40.7 Å². The SMILES string of the molecule is O=C(Cn1[nH]c(=O)c2ccccc2c1=O)Nc1cccc(CS(=O)C2CCOCC2)c1. The standard InChI is InChI=1S/C22H23N3O5S/c26-20(13-25-22(28)19-7-2-1-6-18(19)21(27)24-25)23-16-5-3-4-15(12-16)14-31(29)17-8-10-30-11-9-17/h1-7,12,17H,8-11,13-14H2,(H,23,26)(H,24,27). The highest BCUT2D eigenvalue weighted by atomic mass is 32.2. The maximum atomic E-state index is 12.6. The van der Waals surface area contributed by atoms with E-state index in [0.29, 0.717) is 24.7 Å². The minimum atomic E-state index is -1.01. The zero-order valence-electron chi connectivity index (χ0n) is 16.8. The van der Waals surface area contributed by atoms with Crippen molar-refractivity contribution in [2.75, 3.05) is 18.5 Å². The van der Waals surface area contributed by atoms with E-state index in [1.54, 1.807) is 42.5 Å². The van der Waals surface area contributed by atoms with Crippen molar-refractivity contribution in [2.45, 2.75) is 30.4 Å². The fourth-order valence-corrected chi connectivity index (χ4v) is 5.12. The van der Waals surface area contributed by atoms with Gasteiger partial charge in [0.15, 0.2) is 0 Å². The van der Waals surface area contributed by atoms with Crippen LogP contribution in [0.2, 0.25) is 0 Å². The molecule has 2 N–H and O–H groups in total. The number of hydrogen-bond donors (Lipinski definition) is 2. The molecule has 1 aliphatic heterocycles. The lowest BCUT2D eigenvalue weighted by atomic mass is 10.2. The summed E-state index contributed by atoms with van der Waals surface area (Å²) in [5, 5.41) is 5.86. The van der Waals surface area contributed by atoms with E-state index < -0.39 is 27.8 Å². The molecule has 0 aliphatic carbocycles. The molecule has 9 heteroatoms. The molecule has 3 aromatic rings. The summed E-state index contributed by atoms with van der Waals surface area (Å²) in [5.41, 5.74) is 0.535. The van der Waals surface area contributed by atoms with Crippen molar-refractivity contribution in [3.8, 4) is 0 Å². The zero-order valence-corrected chi connectivity index (χ0v) is 17.7. The van der Waals surface area contributed by atoms with Gasteiger partial charge in [0.1, 0.15) is 6.54 Å². The number of aromatic nitrogens is 2. The van der Waals surface area contributed by atoms with Crippen molar-refractivity contribution < 1.29 is 13.7 Å². The molecular formula is C22H23N3O5S. The Bertz CT molecular complexity index is 1240. The molecule has 1 aliphatic rings. The number of carbonyl (C=O) groups excluding carboxylic acids is 1. The average molecular weight is 442 g/mol. The van der Waals surface area contributed by atoms with Crippen molar-refractivity contribution in [1.82, 2.24) is 9.78 Å². The predicted molar refractivity (Wildman–Crippen MR) is 120 cm³/mol. The number of fused-ring (bicyclic) bond motifs is 1. The Morgan fingerprint density at radius 1 is 1.10 bits per heavy atom. The molecule has 1 saturated heterocycles. The molecule has 4 rings (SSSR count). The fourth-order valence-electron chi connectivity index (χ4n) is 3.66.